The van der Waals surface area contributed by atoms with E-state index in [0.717, 1.165) is 25.3 Å². The largest absolute Gasteiger partial charge is 0.405 e. The molecule has 1 fully saturated rings. The Balaban J connectivity index is 1.65. The molecule has 0 aliphatic carbocycles. The third kappa shape index (κ3) is 7.48. The summed E-state index contributed by atoms with van der Waals surface area (Å²) in [5, 5.41) is 3.49. The Kier molecular flexibility index (Phi) is 6.71. The third-order valence-electron chi connectivity index (χ3n) is 3.65. The van der Waals surface area contributed by atoms with Crippen molar-refractivity contribution in [1.29, 1.82) is 0 Å². The minimum Gasteiger partial charge on any atom is -0.329 e. The van der Waals surface area contributed by atoms with Crippen LogP contribution in [0.5, 0.6) is 0 Å². The summed E-state index contributed by atoms with van der Waals surface area (Å²) < 4.78 is 35.9. The van der Waals surface area contributed by atoms with Crippen LogP contribution < -0.4 is 10.6 Å². The second-order valence-electron chi connectivity index (χ2n) is 5.72. The van der Waals surface area contributed by atoms with Gasteiger partial charge in [-0.3, -0.25) is 24.9 Å². The van der Waals surface area contributed by atoms with Crippen LogP contribution in [0.2, 0.25) is 0 Å². The monoisotopic (exact) mass is 359 g/mol. The molecule has 0 spiro atoms. The van der Waals surface area contributed by atoms with Gasteiger partial charge < -0.3 is 5.32 Å². The number of hydrogen-bond donors (Lipinski definition) is 2. The quantitative estimate of drug-likeness (QED) is 0.805. The number of carbonyl (C=O) groups excluding carboxylic acids is 2. The lowest BCUT2D eigenvalue weighted by atomic mass is 10.2. The Morgan fingerprint density at radius 3 is 2.40 bits per heavy atom. The molecular weight excluding hydrogens is 339 g/mol. The Morgan fingerprint density at radius 1 is 1.12 bits per heavy atom. The molecule has 0 unspecified atom stereocenters. The fourth-order valence-electron chi connectivity index (χ4n) is 2.42. The van der Waals surface area contributed by atoms with Crippen LogP contribution in [-0.4, -0.2) is 72.2 Å². The molecule has 1 aliphatic heterocycles. The first-order chi connectivity index (χ1) is 11.8. The number of urea groups is 1. The Labute approximate surface area is 143 Å². The highest BCUT2D eigenvalue weighted by Gasteiger charge is 2.28. The third-order valence-corrected chi connectivity index (χ3v) is 3.65. The second kappa shape index (κ2) is 8.77. The maximum atomic E-state index is 12.0. The molecule has 7 nitrogen and oxygen atoms in total. The molecule has 3 amide bonds. The molecule has 0 radical (unpaired) electrons. The lowest BCUT2D eigenvalue weighted by molar-refractivity contribution is -0.125. The molecule has 2 rings (SSSR count). The fourth-order valence-corrected chi connectivity index (χ4v) is 2.42. The standard InChI is InChI=1S/C15H20F3N5O2/c16-15(17,18)11-20-14(25)21-13(24)10-23-7-5-22(6-8-23)9-12-3-1-2-4-19-12/h1-4H,5-11H2,(H2,20,21,24,25). The summed E-state index contributed by atoms with van der Waals surface area (Å²) >= 11 is 0. The molecule has 0 bridgehead atoms. The number of nitrogens with zero attached hydrogens (tertiary/aromatic N) is 3. The number of amides is 3. The van der Waals surface area contributed by atoms with Gasteiger partial charge >= 0.3 is 12.2 Å². The molecule has 0 atom stereocenters. The topological polar surface area (TPSA) is 77.6 Å². The summed E-state index contributed by atoms with van der Waals surface area (Å²) in [6, 6.07) is 4.58. The Bertz CT molecular complexity index is 574. The number of imide groups is 1. The van der Waals surface area contributed by atoms with Gasteiger partial charge in [0.25, 0.3) is 0 Å². The van der Waals surface area contributed by atoms with Gasteiger partial charge in [0.1, 0.15) is 6.54 Å². The average molecular weight is 359 g/mol. The number of rotatable bonds is 5. The van der Waals surface area contributed by atoms with Crippen LogP contribution in [0.15, 0.2) is 24.4 Å². The van der Waals surface area contributed by atoms with E-state index in [1.807, 2.05) is 28.4 Å². The molecule has 25 heavy (non-hydrogen) atoms. The highest BCUT2D eigenvalue weighted by molar-refractivity contribution is 5.95. The maximum absolute atomic E-state index is 12.0. The number of hydrogen-bond acceptors (Lipinski definition) is 5. The van der Waals surface area contributed by atoms with E-state index in [0.29, 0.717) is 13.1 Å². The van der Waals surface area contributed by atoms with Gasteiger partial charge in [-0.25, -0.2) is 4.79 Å². The molecule has 138 valence electrons. The van der Waals surface area contributed by atoms with Crippen molar-refractivity contribution in [1.82, 2.24) is 25.4 Å². The van der Waals surface area contributed by atoms with Gasteiger partial charge in [-0.05, 0) is 12.1 Å². The normalized spacial score (nSPS) is 16.4. The number of halogens is 3. The van der Waals surface area contributed by atoms with Crippen LogP contribution in [0.25, 0.3) is 0 Å². The van der Waals surface area contributed by atoms with Crippen molar-refractivity contribution in [3.05, 3.63) is 30.1 Å². The average Bonchev–Trinajstić information content (AvgIpc) is 2.55. The number of pyridine rings is 1. The Hall–Kier alpha value is -2.20. The molecule has 1 aliphatic rings. The summed E-state index contributed by atoms with van der Waals surface area (Å²) in [5.74, 6) is -0.627. The number of aromatic nitrogens is 1. The van der Waals surface area contributed by atoms with E-state index in [2.05, 4.69) is 9.88 Å². The summed E-state index contributed by atoms with van der Waals surface area (Å²) in [6.07, 6.45) is -2.77. The van der Waals surface area contributed by atoms with Crippen LogP contribution in [0.1, 0.15) is 5.69 Å². The Morgan fingerprint density at radius 2 is 1.80 bits per heavy atom. The number of nitrogens with one attached hydrogen (secondary N) is 2. The van der Waals surface area contributed by atoms with Crippen LogP contribution in [0.3, 0.4) is 0 Å². The van der Waals surface area contributed by atoms with Gasteiger partial charge in [-0.2, -0.15) is 13.2 Å². The van der Waals surface area contributed by atoms with Crippen molar-refractivity contribution in [2.45, 2.75) is 12.7 Å². The van der Waals surface area contributed by atoms with Crippen LogP contribution in [0.4, 0.5) is 18.0 Å². The molecule has 1 saturated heterocycles. The van der Waals surface area contributed by atoms with Gasteiger partial charge in [0, 0.05) is 38.9 Å². The van der Waals surface area contributed by atoms with E-state index in [1.54, 1.807) is 11.5 Å². The van der Waals surface area contributed by atoms with Crippen molar-refractivity contribution in [3.8, 4) is 0 Å². The fraction of sp³-hybridized carbons (Fsp3) is 0.533. The second-order valence-corrected chi connectivity index (χ2v) is 5.72. The van der Waals surface area contributed by atoms with Gasteiger partial charge in [-0.15, -0.1) is 0 Å². The van der Waals surface area contributed by atoms with Crippen molar-refractivity contribution in [3.63, 3.8) is 0 Å². The number of carbonyl (C=O) groups is 2. The predicted molar refractivity (Wildman–Crippen MR) is 83.6 cm³/mol. The molecule has 1 aromatic heterocycles. The zero-order valence-corrected chi connectivity index (χ0v) is 13.6. The van der Waals surface area contributed by atoms with Crippen molar-refractivity contribution in [2.24, 2.45) is 0 Å². The van der Waals surface area contributed by atoms with E-state index in [-0.39, 0.29) is 6.54 Å². The number of piperazine rings is 1. The van der Waals surface area contributed by atoms with E-state index >= 15 is 0 Å². The summed E-state index contributed by atoms with van der Waals surface area (Å²) in [7, 11) is 0. The predicted octanol–water partition coefficient (Wildman–Crippen LogP) is 0.587. The van der Waals surface area contributed by atoms with Gasteiger partial charge in [-0.1, -0.05) is 6.07 Å². The van der Waals surface area contributed by atoms with E-state index in [9.17, 15) is 22.8 Å². The molecule has 0 aromatic carbocycles. The van der Waals surface area contributed by atoms with Crippen LogP contribution in [0, 0.1) is 0 Å². The van der Waals surface area contributed by atoms with Gasteiger partial charge in [0.2, 0.25) is 5.91 Å². The zero-order valence-electron chi connectivity index (χ0n) is 13.6. The lowest BCUT2D eigenvalue weighted by Crippen LogP contribution is -2.51. The highest BCUT2D eigenvalue weighted by atomic mass is 19.4. The summed E-state index contributed by atoms with van der Waals surface area (Å²) in [4.78, 5) is 31.2. The SMILES string of the molecule is O=C(CN1CCN(Cc2ccccn2)CC1)NC(=O)NCC(F)(F)F. The summed E-state index contributed by atoms with van der Waals surface area (Å²) in [6.45, 7) is 1.96. The van der Waals surface area contributed by atoms with Crippen LogP contribution >= 0.6 is 0 Å². The molecule has 2 heterocycles. The van der Waals surface area contributed by atoms with Crippen molar-refractivity contribution in [2.75, 3.05) is 39.3 Å². The van der Waals surface area contributed by atoms with E-state index < -0.39 is 24.7 Å². The highest BCUT2D eigenvalue weighted by Crippen LogP contribution is 2.12. The molecule has 2 N–H and O–H groups in total. The van der Waals surface area contributed by atoms with E-state index in [1.165, 1.54) is 0 Å². The first-order valence-corrected chi connectivity index (χ1v) is 7.81. The molecule has 0 saturated carbocycles. The van der Waals surface area contributed by atoms with Crippen molar-refractivity contribution >= 4 is 11.9 Å². The van der Waals surface area contributed by atoms with Gasteiger partial charge in [0.15, 0.2) is 0 Å². The summed E-state index contributed by atoms with van der Waals surface area (Å²) in [5.41, 5.74) is 0.968. The van der Waals surface area contributed by atoms with Crippen LogP contribution in [-0.2, 0) is 11.3 Å². The number of alkyl halides is 3. The van der Waals surface area contributed by atoms with Crippen molar-refractivity contribution < 1.29 is 22.8 Å². The smallest absolute Gasteiger partial charge is 0.329 e. The molecule has 10 heteroatoms. The lowest BCUT2D eigenvalue weighted by Gasteiger charge is -2.33. The minimum absolute atomic E-state index is 0.0309. The zero-order chi connectivity index (χ0) is 18.3. The molecular formula is C15H20F3N5O2. The molecule has 1 aromatic rings. The van der Waals surface area contributed by atoms with E-state index in [4.69, 9.17) is 0 Å². The first-order valence-electron chi connectivity index (χ1n) is 7.81. The minimum atomic E-state index is -4.51. The first kappa shape index (κ1) is 19.1. The van der Waals surface area contributed by atoms with Gasteiger partial charge in [0.05, 0.1) is 12.2 Å². The maximum Gasteiger partial charge on any atom is 0.405 e.